The summed E-state index contributed by atoms with van der Waals surface area (Å²) in [5.41, 5.74) is 0.113. The van der Waals surface area contributed by atoms with Gasteiger partial charge in [0.15, 0.2) is 0 Å². The summed E-state index contributed by atoms with van der Waals surface area (Å²) >= 11 is 6.07. The van der Waals surface area contributed by atoms with Crippen LogP contribution in [-0.4, -0.2) is 65.0 Å². The Labute approximate surface area is 215 Å². The van der Waals surface area contributed by atoms with Crippen molar-refractivity contribution >= 4 is 35.2 Å². The molecule has 1 fully saturated rings. The van der Waals surface area contributed by atoms with E-state index in [0.717, 1.165) is 0 Å². The van der Waals surface area contributed by atoms with Gasteiger partial charge in [-0.25, -0.2) is 13.2 Å². The first kappa shape index (κ1) is 26.6. The Kier molecular flexibility index (Phi) is 7.24. The third-order valence-corrected chi connectivity index (χ3v) is 6.41. The largest absolute Gasteiger partial charge is 0.322 e. The van der Waals surface area contributed by atoms with Crippen molar-refractivity contribution in [3.05, 3.63) is 63.4 Å². The number of hydrogen-bond donors (Lipinski definition) is 2. The number of fused-ring (bicyclic) bond motifs is 1. The van der Waals surface area contributed by atoms with Crippen LogP contribution >= 0.6 is 11.6 Å². The van der Waals surface area contributed by atoms with Gasteiger partial charge in [0.2, 0.25) is 11.8 Å². The van der Waals surface area contributed by atoms with Crippen molar-refractivity contribution < 1.29 is 32.3 Å². The zero-order chi connectivity index (χ0) is 27.1. The van der Waals surface area contributed by atoms with Crippen LogP contribution in [0.15, 0.2) is 30.5 Å². The maximum Gasteiger partial charge on any atom is 0.296 e. The summed E-state index contributed by atoms with van der Waals surface area (Å²) < 4.78 is 43.4. The minimum Gasteiger partial charge on any atom is -0.322 e. The van der Waals surface area contributed by atoms with Gasteiger partial charge in [-0.1, -0.05) is 11.6 Å². The molecular weight excluding hydrogens is 515 g/mol. The zero-order valence-corrected chi connectivity index (χ0v) is 20.6. The molecule has 2 atom stereocenters. The van der Waals surface area contributed by atoms with Crippen LogP contribution in [-0.2, 0) is 28.5 Å². The lowest BCUT2D eigenvalue weighted by Crippen LogP contribution is -2.52. The first-order chi connectivity index (χ1) is 17.4. The molecule has 9 nitrogen and oxygen atoms in total. The summed E-state index contributed by atoms with van der Waals surface area (Å²) in [7, 11) is 3.55. The van der Waals surface area contributed by atoms with Crippen molar-refractivity contribution in [2.24, 2.45) is 0 Å². The molecule has 2 unspecified atom stereocenters. The molecule has 2 aliphatic heterocycles. The number of nitrogens with zero attached hydrogens (tertiary/aromatic N) is 3. The van der Waals surface area contributed by atoms with Crippen LogP contribution in [0.5, 0.6) is 0 Å². The molecule has 2 aromatic rings. The molecule has 4 amide bonds. The molecule has 0 aliphatic carbocycles. The van der Waals surface area contributed by atoms with Crippen molar-refractivity contribution in [3.63, 3.8) is 0 Å². The van der Waals surface area contributed by atoms with E-state index in [-0.39, 0.29) is 35.5 Å². The lowest BCUT2D eigenvalue weighted by Gasteiger charge is -2.29. The van der Waals surface area contributed by atoms with Gasteiger partial charge >= 0.3 is 0 Å². The SMILES string of the molecule is CN(C)Cc1cnc(C(F)(NC(=O)c2ccc3c(c2)CN(C2CCC(=O)NC2=O)C3=O)C(F)F)c(Cl)c1. The second kappa shape index (κ2) is 10.1. The van der Waals surface area contributed by atoms with Gasteiger partial charge in [0.05, 0.1) is 5.02 Å². The fourth-order valence-corrected chi connectivity index (χ4v) is 4.69. The topological polar surface area (TPSA) is 112 Å². The van der Waals surface area contributed by atoms with E-state index in [1.165, 1.54) is 35.4 Å². The summed E-state index contributed by atoms with van der Waals surface area (Å²) in [6.45, 7) is 0.342. The van der Waals surface area contributed by atoms with Gasteiger partial charge in [0, 0.05) is 36.8 Å². The Morgan fingerprint density at radius 2 is 2.03 bits per heavy atom. The lowest BCUT2D eigenvalue weighted by molar-refractivity contribution is -0.136. The van der Waals surface area contributed by atoms with Crippen LogP contribution < -0.4 is 10.6 Å². The first-order valence-corrected chi connectivity index (χ1v) is 11.6. The fourth-order valence-electron chi connectivity index (χ4n) is 4.37. The molecule has 2 aliphatic rings. The lowest BCUT2D eigenvalue weighted by atomic mass is 10.0. The Morgan fingerprint density at radius 1 is 1.30 bits per heavy atom. The average molecular weight is 538 g/mol. The highest BCUT2D eigenvalue weighted by Crippen LogP contribution is 2.35. The van der Waals surface area contributed by atoms with Crippen molar-refractivity contribution in [3.8, 4) is 0 Å². The van der Waals surface area contributed by atoms with Crippen molar-refractivity contribution in [1.82, 2.24) is 25.4 Å². The van der Waals surface area contributed by atoms with E-state index in [4.69, 9.17) is 11.6 Å². The minimum atomic E-state index is -3.69. The third kappa shape index (κ3) is 5.16. The van der Waals surface area contributed by atoms with Gasteiger partial charge in [-0.05, 0) is 55.9 Å². The molecule has 0 saturated carbocycles. The molecule has 13 heteroatoms. The van der Waals surface area contributed by atoms with Crippen molar-refractivity contribution in [2.45, 2.75) is 44.2 Å². The van der Waals surface area contributed by atoms with E-state index in [9.17, 15) is 28.0 Å². The molecule has 0 spiro atoms. The molecule has 1 saturated heterocycles. The molecule has 37 heavy (non-hydrogen) atoms. The smallest absolute Gasteiger partial charge is 0.296 e. The Balaban J connectivity index is 1.56. The van der Waals surface area contributed by atoms with Gasteiger partial charge in [0.1, 0.15) is 11.7 Å². The number of nitrogens with one attached hydrogen (secondary N) is 2. The predicted octanol–water partition coefficient (Wildman–Crippen LogP) is 2.38. The van der Waals surface area contributed by atoms with Crippen LogP contribution in [0.2, 0.25) is 5.02 Å². The van der Waals surface area contributed by atoms with Crippen LogP contribution in [0.3, 0.4) is 0 Å². The number of piperidine rings is 1. The van der Waals surface area contributed by atoms with Crippen LogP contribution in [0.25, 0.3) is 0 Å². The van der Waals surface area contributed by atoms with Gasteiger partial charge in [-0.2, -0.15) is 0 Å². The number of imide groups is 1. The maximum absolute atomic E-state index is 15.6. The molecule has 0 bridgehead atoms. The summed E-state index contributed by atoms with van der Waals surface area (Å²) in [5, 5.41) is 3.51. The average Bonchev–Trinajstić information content (AvgIpc) is 3.14. The highest BCUT2D eigenvalue weighted by atomic mass is 35.5. The molecular formula is C24H23ClF3N5O4. The van der Waals surface area contributed by atoms with E-state index in [1.54, 1.807) is 24.3 Å². The number of carbonyl (C=O) groups is 4. The number of pyridine rings is 1. The monoisotopic (exact) mass is 537 g/mol. The van der Waals surface area contributed by atoms with Gasteiger partial charge < -0.3 is 15.1 Å². The van der Waals surface area contributed by atoms with Crippen LogP contribution in [0, 0.1) is 0 Å². The Bertz CT molecular complexity index is 1290. The summed E-state index contributed by atoms with van der Waals surface area (Å²) in [4.78, 5) is 56.1. The van der Waals surface area contributed by atoms with E-state index >= 15 is 4.39 Å². The second-order valence-electron chi connectivity index (χ2n) is 9.15. The normalized spacial score (nSPS) is 19.2. The predicted molar refractivity (Wildman–Crippen MR) is 125 cm³/mol. The maximum atomic E-state index is 15.6. The van der Waals surface area contributed by atoms with E-state index in [2.05, 4.69) is 10.3 Å². The number of halogens is 4. The number of carbonyl (C=O) groups excluding carboxylic acids is 4. The van der Waals surface area contributed by atoms with Crippen molar-refractivity contribution in [2.75, 3.05) is 14.1 Å². The highest BCUT2D eigenvalue weighted by molar-refractivity contribution is 6.31. The Hall–Kier alpha value is -3.51. The number of aromatic nitrogens is 1. The number of benzene rings is 1. The molecule has 0 radical (unpaired) electrons. The fraction of sp³-hybridized carbons (Fsp3) is 0.375. The highest BCUT2D eigenvalue weighted by Gasteiger charge is 2.47. The van der Waals surface area contributed by atoms with Gasteiger partial charge in [-0.3, -0.25) is 29.5 Å². The van der Waals surface area contributed by atoms with Gasteiger partial charge in [-0.15, -0.1) is 0 Å². The van der Waals surface area contributed by atoms with E-state index in [1.807, 2.05) is 0 Å². The molecule has 4 rings (SSSR count). The molecule has 1 aromatic heterocycles. The minimum absolute atomic E-state index is 0.0438. The van der Waals surface area contributed by atoms with Crippen molar-refractivity contribution in [1.29, 1.82) is 0 Å². The number of hydrogen-bond acceptors (Lipinski definition) is 6. The second-order valence-corrected chi connectivity index (χ2v) is 9.56. The Morgan fingerprint density at radius 3 is 2.65 bits per heavy atom. The summed E-state index contributed by atoms with van der Waals surface area (Å²) in [6.07, 6.45) is -2.27. The van der Waals surface area contributed by atoms with E-state index in [0.29, 0.717) is 17.7 Å². The van der Waals surface area contributed by atoms with Crippen LogP contribution in [0.4, 0.5) is 13.2 Å². The van der Waals surface area contributed by atoms with Crippen LogP contribution in [0.1, 0.15) is 50.4 Å². The quantitative estimate of drug-likeness (QED) is 0.414. The zero-order valence-electron chi connectivity index (χ0n) is 19.9. The standard InChI is InChI=1S/C24H23ClF3N5O4/c1-32(2)10-12-7-16(25)19(29-9-12)24(28,23(26)27)31-20(35)13-3-4-15-14(8-13)11-33(22(15)37)17-5-6-18(34)30-21(17)36/h3-4,7-9,17,23H,5-6,10-11H2,1-2H3,(H,31,35)(H,30,34,36). The van der Waals surface area contributed by atoms with E-state index < -0.39 is 47.6 Å². The number of amides is 4. The molecule has 2 N–H and O–H groups in total. The number of alkyl halides is 3. The van der Waals surface area contributed by atoms with Gasteiger partial charge in [0.25, 0.3) is 24.0 Å². The molecule has 1 aromatic carbocycles. The summed E-state index contributed by atoms with van der Waals surface area (Å²) in [6, 6.07) is 4.21. The third-order valence-electron chi connectivity index (χ3n) is 6.12. The molecule has 3 heterocycles. The number of rotatable bonds is 7. The summed E-state index contributed by atoms with van der Waals surface area (Å²) in [5.74, 6) is -6.36. The first-order valence-electron chi connectivity index (χ1n) is 11.3. The molecule has 196 valence electrons.